The Balaban J connectivity index is 1.85. The Labute approximate surface area is 161 Å². The van der Waals surface area contributed by atoms with Crippen LogP contribution in [0.5, 0.6) is 0 Å². The van der Waals surface area contributed by atoms with Gasteiger partial charge in [0.15, 0.2) is 5.96 Å². The number of benzene rings is 1. The van der Waals surface area contributed by atoms with Crippen molar-refractivity contribution in [3.8, 4) is 0 Å². The summed E-state index contributed by atoms with van der Waals surface area (Å²) < 4.78 is 0. The SMILES string of the molecule is CCNC(=NCCc1cccc(C(=O)NC)c1)NCCc1ccc(C)nc1. The molecule has 0 radical (unpaired) electrons. The largest absolute Gasteiger partial charge is 0.357 e. The van der Waals surface area contributed by atoms with Gasteiger partial charge in [0.25, 0.3) is 5.91 Å². The van der Waals surface area contributed by atoms with Gasteiger partial charge in [0, 0.05) is 44.1 Å². The van der Waals surface area contributed by atoms with E-state index in [1.165, 1.54) is 5.56 Å². The van der Waals surface area contributed by atoms with E-state index < -0.39 is 0 Å². The molecule has 1 amide bonds. The average Bonchev–Trinajstić information content (AvgIpc) is 2.69. The second kappa shape index (κ2) is 11.0. The van der Waals surface area contributed by atoms with Crippen LogP contribution in [-0.4, -0.2) is 43.5 Å². The summed E-state index contributed by atoms with van der Waals surface area (Å²) in [7, 11) is 1.64. The van der Waals surface area contributed by atoms with Gasteiger partial charge in [-0.05, 0) is 56.0 Å². The molecule has 6 nitrogen and oxygen atoms in total. The van der Waals surface area contributed by atoms with Crippen LogP contribution in [0.15, 0.2) is 47.6 Å². The van der Waals surface area contributed by atoms with Crippen molar-refractivity contribution in [2.45, 2.75) is 26.7 Å². The molecule has 2 rings (SSSR count). The van der Waals surface area contributed by atoms with Crippen molar-refractivity contribution < 1.29 is 4.79 Å². The maximum Gasteiger partial charge on any atom is 0.251 e. The monoisotopic (exact) mass is 367 g/mol. The van der Waals surface area contributed by atoms with Crippen LogP contribution in [0.1, 0.15) is 34.1 Å². The van der Waals surface area contributed by atoms with Gasteiger partial charge in [-0.25, -0.2) is 0 Å². The Morgan fingerprint density at radius 1 is 1.11 bits per heavy atom. The molecule has 1 heterocycles. The van der Waals surface area contributed by atoms with Gasteiger partial charge in [0.2, 0.25) is 0 Å². The molecule has 0 unspecified atom stereocenters. The first-order chi connectivity index (χ1) is 13.1. The molecule has 27 heavy (non-hydrogen) atoms. The fourth-order valence-corrected chi connectivity index (χ4v) is 2.62. The van der Waals surface area contributed by atoms with Crippen LogP contribution in [0, 0.1) is 6.92 Å². The summed E-state index contributed by atoms with van der Waals surface area (Å²) >= 11 is 0. The molecular weight excluding hydrogens is 338 g/mol. The van der Waals surface area contributed by atoms with Crippen LogP contribution >= 0.6 is 0 Å². The van der Waals surface area contributed by atoms with E-state index in [0.29, 0.717) is 12.1 Å². The molecule has 6 heteroatoms. The summed E-state index contributed by atoms with van der Waals surface area (Å²) in [6.07, 6.45) is 3.59. The number of nitrogens with zero attached hydrogens (tertiary/aromatic N) is 2. The molecule has 0 spiro atoms. The van der Waals surface area contributed by atoms with Crippen LogP contribution < -0.4 is 16.0 Å². The number of hydrogen-bond donors (Lipinski definition) is 3. The predicted molar refractivity (Wildman–Crippen MR) is 110 cm³/mol. The van der Waals surface area contributed by atoms with E-state index in [1.807, 2.05) is 50.4 Å². The Hall–Kier alpha value is -2.89. The molecule has 1 aromatic carbocycles. The number of aliphatic imine (C=N–C) groups is 1. The number of hydrogen-bond acceptors (Lipinski definition) is 3. The summed E-state index contributed by atoms with van der Waals surface area (Å²) in [4.78, 5) is 20.7. The Morgan fingerprint density at radius 2 is 1.96 bits per heavy atom. The molecule has 0 aliphatic carbocycles. The second-order valence-corrected chi connectivity index (χ2v) is 6.27. The van der Waals surface area contributed by atoms with Crippen LogP contribution in [-0.2, 0) is 12.8 Å². The molecule has 0 fully saturated rings. The molecule has 0 aliphatic heterocycles. The number of rotatable bonds is 8. The number of carbonyl (C=O) groups excluding carboxylic acids is 1. The minimum absolute atomic E-state index is 0.0686. The molecule has 0 aliphatic rings. The zero-order valence-electron chi connectivity index (χ0n) is 16.4. The third kappa shape index (κ3) is 7.09. The van der Waals surface area contributed by atoms with E-state index in [1.54, 1.807) is 7.05 Å². The van der Waals surface area contributed by atoms with E-state index in [2.05, 4.69) is 32.0 Å². The maximum absolute atomic E-state index is 11.7. The molecule has 3 N–H and O–H groups in total. The van der Waals surface area contributed by atoms with Crippen molar-refractivity contribution >= 4 is 11.9 Å². The zero-order chi connectivity index (χ0) is 19.5. The number of aromatic nitrogens is 1. The normalized spacial score (nSPS) is 11.1. The van der Waals surface area contributed by atoms with Gasteiger partial charge >= 0.3 is 0 Å². The van der Waals surface area contributed by atoms with E-state index in [-0.39, 0.29) is 5.91 Å². The van der Waals surface area contributed by atoms with E-state index in [0.717, 1.165) is 43.1 Å². The van der Waals surface area contributed by atoms with Gasteiger partial charge in [0.05, 0.1) is 0 Å². The lowest BCUT2D eigenvalue weighted by atomic mass is 10.1. The molecular formula is C21H29N5O. The number of guanidine groups is 1. The van der Waals surface area contributed by atoms with Crippen LogP contribution in [0.3, 0.4) is 0 Å². The molecule has 1 aromatic heterocycles. The number of aryl methyl sites for hydroxylation is 1. The first-order valence-corrected chi connectivity index (χ1v) is 9.37. The third-order valence-electron chi connectivity index (χ3n) is 4.11. The van der Waals surface area contributed by atoms with Crippen molar-refractivity contribution in [3.63, 3.8) is 0 Å². The number of pyridine rings is 1. The van der Waals surface area contributed by atoms with Crippen molar-refractivity contribution in [3.05, 3.63) is 65.0 Å². The van der Waals surface area contributed by atoms with Gasteiger partial charge < -0.3 is 16.0 Å². The Bertz CT molecular complexity index is 755. The third-order valence-corrected chi connectivity index (χ3v) is 4.11. The predicted octanol–water partition coefficient (Wildman–Crippen LogP) is 2.09. The van der Waals surface area contributed by atoms with Crippen molar-refractivity contribution in [1.82, 2.24) is 20.9 Å². The minimum Gasteiger partial charge on any atom is -0.357 e. The summed E-state index contributed by atoms with van der Waals surface area (Å²) in [6.45, 7) is 6.29. The lowest BCUT2D eigenvalue weighted by Crippen LogP contribution is -2.38. The highest BCUT2D eigenvalue weighted by Crippen LogP contribution is 2.06. The molecule has 0 bridgehead atoms. The minimum atomic E-state index is -0.0686. The maximum atomic E-state index is 11.7. The highest BCUT2D eigenvalue weighted by Gasteiger charge is 2.04. The van der Waals surface area contributed by atoms with Gasteiger partial charge in [-0.1, -0.05) is 18.2 Å². The Morgan fingerprint density at radius 3 is 2.67 bits per heavy atom. The first-order valence-electron chi connectivity index (χ1n) is 9.37. The van der Waals surface area contributed by atoms with Crippen LogP contribution in [0.2, 0.25) is 0 Å². The highest BCUT2D eigenvalue weighted by molar-refractivity contribution is 5.94. The second-order valence-electron chi connectivity index (χ2n) is 6.27. The molecule has 0 saturated heterocycles. The van der Waals surface area contributed by atoms with Crippen LogP contribution in [0.4, 0.5) is 0 Å². The summed E-state index contributed by atoms with van der Waals surface area (Å²) in [5.41, 5.74) is 4.01. The quantitative estimate of drug-likeness (QED) is 0.493. The molecule has 0 saturated carbocycles. The fourth-order valence-electron chi connectivity index (χ4n) is 2.62. The fraction of sp³-hybridized carbons (Fsp3) is 0.381. The van der Waals surface area contributed by atoms with Gasteiger partial charge in [-0.15, -0.1) is 0 Å². The van der Waals surface area contributed by atoms with E-state index in [9.17, 15) is 4.79 Å². The van der Waals surface area contributed by atoms with Crippen molar-refractivity contribution in [2.24, 2.45) is 4.99 Å². The molecule has 2 aromatic rings. The number of nitrogens with one attached hydrogen (secondary N) is 3. The zero-order valence-corrected chi connectivity index (χ0v) is 16.4. The van der Waals surface area contributed by atoms with E-state index in [4.69, 9.17) is 0 Å². The lowest BCUT2D eigenvalue weighted by molar-refractivity contribution is 0.0963. The lowest BCUT2D eigenvalue weighted by Gasteiger charge is -2.11. The Kier molecular flexibility index (Phi) is 8.29. The number of amides is 1. The first kappa shape index (κ1) is 20.4. The summed E-state index contributed by atoms with van der Waals surface area (Å²) in [5.74, 6) is 0.737. The molecule has 144 valence electrons. The summed E-state index contributed by atoms with van der Waals surface area (Å²) in [5, 5.41) is 9.27. The van der Waals surface area contributed by atoms with E-state index >= 15 is 0 Å². The number of carbonyl (C=O) groups is 1. The van der Waals surface area contributed by atoms with Crippen molar-refractivity contribution in [2.75, 3.05) is 26.7 Å². The highest BCUT2D eigenvalue weighted by atomic mass is 16.1. The van der Waals surface area contributed by atoms with Gasteiger partial charge in [0.1, 0.15) is 0 Å². The standard InChI is InChI=1S/C21H29N5O/c1-4-23-21(25-13-11-18-9-8-16(2)26-15-18)24-12-10-17-6-5-7-19(14-17)20(27)22-3/h5-9,14-15H,4,10-13H2,1-3H3,(H,22,27)(H2,23,24,25). The average molecular weight is 367 g/mol. The smallest absolute Gasteiger partial charge is 0.251 e. The van der Waals surface area contributed by atoms with Gasteiger partial charge in [-0.2, -0.15) is 0 Å². The summed E-state index contributed by atoms with van der Waals surface area (Å²) in [6, 6.07) is 11.8. The van der Waals surface area contributed by atoms with Crippen molar-refractivity contribution in [1.29, 1.82) is 0 Å². The van der Waals surface area contributed by atoms with Gasteiger partial charge in [-0.3, -0.25) is 14.8 Å². The molecule has 0 atom stereocenters. The van der Waals surface area contributed by atoms with Crippen LogP contribution in [0.25, 0.3) is 0 Å². The topological polar surface area (TPSA) is 78.4 Å².